The molecule has 2 saturated heterocycles. The summed E-state index contributed by atoms with van der Waals surface area (Å²) in [5.41, 5.74) is 6.08. The molecule has 3 unspecified atom stereocenters. The maximum absolute atomic E-state index is 9.64. The Bertz CT molecular complexity index is 307. The quantitative estimate of drug-likeness (QED) is 0.754. The molecule has 18 heavy (non-hydrogen) atoms. The number of piperazine rings is 1. The predicted octanol–water partition coefficient (Wildman–Crippen LogP) is 0.255. The lowest BCUT2D eigenvalue weighted by atomic mass is 9.93. The van der Waals surface area contributed by atoms with Crippen LogP contribution in [-0.4, -0.2) is 65.3 Å². The normalized spacial score (nSPS) is 37.5. The number of hydrogen-bond donors (Lipinski definition) is 2. The molecule has 3 aliphatic rings. The molecule has 2 heterocycles. The van der Waals surface area contributed by atoms with Crippen molar-refractivity contribution in [1.29, 1.82) is 0 Å². The monoisotopic (exact) mass is 253 g/mol. The summed E-state index contributed by atoms with van der Waals surface area (Å²) in [6, 6.07) is 1.32. The van der Waals surface area contributed by atoms with Crippen molar-refractivity contribution in [3.05, 3.63) is 0 Å². The molecule has 0 bridgehead atoms. The van der Waals surface area contributed by atoms with Gasteiger partial charge in [0.25, 0.3) is 0 Å². The summed E-state index contributed by atoms with van der Waals surface area (Å²) in [6.07, 6.45) is 5.09. The third kappa shape index (κ3) is 2.31. The van der Waals surface area contributed by atoms with E-state index in [9.17, 15) is 5.11 Å². The molecule has 3 atom stereocenters. The number of rotatable bonds is 4. The lowest BCUT2D eigenvalue weighted by molar-refractivity contribution is 0.0270. The van der Waals surface area contributed by atoms with E-state index in [4.69, 9.17) is 5.73 Å². The Labute approximate surface area is 110 Å². The molecule has 3 fully saturated rings. The zero-order valence-electron chi connectivity index (χ0n) is 11.5. The molecular weight excluding hydrogens is 226 g/mol. The van der Waals surface area contributed by atoms with Crippen LogP contribution in [0.15, 0.2) is 0 Å². The van der Waals surface area contributed by atoms with Crippen molar-refractivity contribution in [3.8, 4) is 0 Å². The number of aliphatic hydroxyl groups excluding tert-OH is 1. The van der Waals surface area contributed by atoms with Crippen LogP contribution in [0.25, 0.3) is 0 Å². The van der Waals surface area contributed by atoms with Crippen molar-refractivity contribution < 1.29 is 5.11 Å². The molecular formula is C14H27N3O. The second-order valence-corrected chi connectivity index (χ2v) is 6.74. The van der Waals surface area contributed by atoms with Crippen LogP contribution in [0, 0.1) is 5.92 Å². The van der Waals surface area contributed by atoms with Crippen LogP contribution >= 0.6 is 0 Å². The second-order valence-electron chi connectivity index (χ2n) is 6.74. The molecule has 0 aromatic heterocycles. The molecule has 3 N–H and O–H groups in total. The molecule has 0 radical (unpaired) electrons. The smallest absolute Gasteiger partial charge is 0.0626 e. The van der Waals surface area contributed by atoms with E-state index in [1.54, 1.807) is 0 Å². The Hall–Kier alpha value is -0.160. The molecule has 1 saturated carbocycles. The Balaban J connectivity index is 1.64. The van der Waals surface area contributed by atoms with Gasteiger partial charge in [-0.05, 0) is 45.1 Å². The highest BCUT2D eigenvalue weighted by Crippen LogP contribution is 2.39. The van der Waals surface area contributed by atoms with Gasteiger partial charge in [-0.15, -0.1) is 0 Å². The Morgan fingerprint density at radius 1 is 1.28 bits per heavy atom. The predicted molar refractivity (Wildman–Crippen MR) is 72.4 cm³/mol. The third-order valence-corrected chi connectivity index (χ3v) is 5.25. The van der Waals surface area contributed by atoms with Gasteiger partial charge >= 0.3 is 0 Å². The average molecular weight is 253 g/mol. The second kappa shape index (κ2) is 4.75. The zero-order chi connectivity index (χ0) is 12.8. The van der Waals surface area contributed by atoms with Crippen molar-refractivity contribution >= 4 is 0 Å². The molecule has 104 valence electrons. The highest BCUT2D eigenvalue weighted by atomic mass is 16.3. The van der Waals surface area contributed by atoms with Crippen LogP contribution in [0.4, 0.5) is 0 Å². The number of aliphatic hydroxyl groups is 1. The highest BCUT2D eigenvalue weighted by Gasteiger charge is 2.45. The molecule has 0 amide bonds. The lowest BCUT2D eigenvalue weighted by Gasteiger charge is -2.45. The van der Waals surface area contributed by atoms with Gasteiger partial charge in [0, 0.05) is 31.7 Å². The summed E-state index contributed by atoms with van der Waals surface area (Å²) < 4.78 is 0. The van der Waals surface area contributed by atoms with Crippen LogP contribution in [-0.2, 0) is 0 Å². The first-order chi connectivity index (χ1) is 8.62. The standard InChI is InChI=1S/C14H27N3O/c1-11-7-16-6-2-3-13(16)8-17(11)9-14(15,10-18)12-4-5-12/h11-13,18H,2-10,15H2,1H3. The van der Waals surface area contributed by atoms with E-state index < -0.39 is 0 Å². The first-order valence-corrected chi connectivity index (χ1v) is 7.50. The van der Waals surface area contributed by atoms with E-state index in [-0.39, 0.29) is 12.1 Å². The van der Waals surface area contributed by atoms with Crippen LogP contribution < -0.4 is 5.73 Å². The van der Waals surface area contributed by atoms with Gasteiger partial charge < -0.3 is 10.8 Å². The van der Waals surface area contributed by atoms with E-state index in [0.717, 1.165) is 19.1 Å². The van der Waals surface area contributed by atoms with Crippen LogP contribution in [0.1, 0.15) is 32.6 Å². The zero-order valence-corrected chi connectivity index (χ0v) is 11.5. The van der Waals surface area contributed by atoms with Crippen molar-refractivity contribution in [1.82, 2.24) is 9.80 Å². The summed E-state index contributed by atoms with van der Waals surface area (Å²) >= 11 is 0. The summed E-state index contributed by atoms with van der Waals surface area (Å²) in [4.78, 5) is 5.16. The minimum atomic E-state index is -0.352. The SMILES string of the molecule is CC1CN2CCCC2CN1CC(N)(CO)C1CC1. The van der Waals surface area contributed by atoms with Gasteiger partial charge in [-0.25, -0.2) is 0 Å². The maximum Gasteiger partial charge on any atom is 0.0626 e. The maximum atomic E-state index is 9.64. The third-order valence-electron chi connectivity index (χ3n) is 5.25. The fourth-order valence-electron chi connectivity index (χ4n) is 3.81. The molecule has 1 aliphatic carbocycles. The first kappa shape index (κ1) is 12.9. The van der Waals surface area contributed by atoms with Gasteiger partial charge in [0.05, 0.1) is 12.1 Å². The summed E-state index contributed by atoms with van der Waals surface area (Å²) in [5.74, 6) is 0.552. The van der Waals surface area contributed by atoms with E-state index >= 15 is 0 Å². The van der Waals surface area contributed by atoms with Crippen LogP contribution in [0.5, 0.6) is 0 Å². The topological polar surface area (TPSA) is 52.7 Å². The fourth-order valence-corrected chi connectivity index (χ4v) is 3.81. The van der Waals surface area contributed by atoms with Crippen molar-refractivity contribution in [2.45, 2.75) is 50.2 Å². The van der Waals surface area contributed by atoms with Crippen LogP contribution in [0.2, 0.25) is 0 Å². The van der Waals surface area contributed by atoms with E-state index in [1.807, 2.05) is 0 Å². The largest absolute Gasteiger partial charge is 0.394 e. The van der Waals surface area contributed by atoms with Crippen LogP contribution in [0.3, 0.4) is 0 Å². The Morgan fingerprint density at radius 2 is 2.06 bits per heavy atom. The minimum Gasteiger partial charge on any atom is -0.394 e. The highest BCUT2D eigenvalue weighted by molar-refractivity contribution is 5.02. The van der Waals surface area contributed by atoms with Gasteiger partial charge in [0.2, 0.25) is 0 Å². The Kier molecular flexibility index (Phi) is 3.39. The molecule has 4 nitrogen and oxygen atoms in total. The fraction of sp³-hybridized carbons (Fsp3) is 1.00. The minimum absolute atomic E-state index is 0.134. The molecule has 0 spiro atoms. The summed E-state index contributed by atoms with van der Waals surface area (Å²) in [6.45, 7) is 6.91. The lowest BCUT2D eigenvalue weighted by Crippen LogP contribution is -2.62. The number of fused-ring (bicyclic) bond motifs is 1. The van der Waals surface area contributed by atoms with Gasteiger partial charge in [0.1, 0.15) is 0 Å². The van der Waals surface area contributed by atoms with Gasteiger partial charge in [0.15, 0.2) is 0 Å². The van der Waals surface area contributed by atoms with Crippen molar-refractivity contribution in [2.24, 2.45) is 11.7 Å². The Morgan fingerprint density at radius 3 is 2.72 bits per heavy atom. The molecule has 3 rings (SSSR count). The van der Waals surface area contributed by atoms with Gasteiger partial charge in [-0.1, -0.05) is 0 Å². The van der Waals surface area contributed by atoms with E-state index in [0.29, 0.717) is 12.0 Å². The van der Waals surface area contributed by atoms with Gasteiger partial charge in [-0.3, -0.25) is 9.80 Å². The molecule has 0 aromatic rings. The number of nitrogens with zero attached hydrogens (tertiary/aromatic N) is 2. The molecule has 0 aromatic carbocycles. The molecule has 2 aliphatic heterocycles. The van der Waals surface area contributed by atoms with Gasteiger partial charge in [-0.2, -0.15) is 0 Å². The first-order valence-electron chi connectivity index (χ1n) is 7.50. The van der Waals surface area contributed by atoms with E-state index in [2.05, 4.69) is 16.7 Å². The summed E-state index contributed by atoms with van der Waals surface area (Å²) in [5, 5.41) is 9.64. The van der Waals surface area contributed by atoms with Crippen molar-refractivity contribution in [2.75, 3.05) is 32.8 Å². The number of hydrogen-bond acceptors (Lipinski definition) is 4. The summed E-state index contributed by atoms with van der Waals surface area (Å²) in [7, 11) is 0. The van der Waals surface area contributed by atoms with Crippen molar-refractivity contribution in [3.63, 3.8) is 0 Å². The number of nitrogens with two attached hydrogens (primary N) is 1. The molecule has 4 heteroatoms. The average Bonchev–Trinajstić information content (AvgIpc) is 3.12. The van der Waals surface area contributed by atoms with E-state index in [1.165, 1.54) is 38.8 Å².